The van der Waals surface area contributed by atoms with Crippen molar-refractivity contribution in [2.45, 2.75) is 6.54 Å². The molecule has 0 aliphatic rings. The van der Waals surface area contributed by atoms with Gasteiger partial charge in [0.1, 0.15) is 5.75 Å². The Morgan fingerprint density at radius 1 is 1.03 bits per heavy atom. The van der Waals surface area contributed by atoms with Gasteiger partial charge in [-0.25, -0.2) is 4.98 Å². The van der Waals surface area contributed by atoms with E-state index < -0.39 is 0 Å². The fourth-order valence-electron chi connectivity index (χ4n) is 3.30. The zero-order valence-electron chi connectivity index (χ0n) is 16.4. The summed E-state index contributed by atoms with van der Waals surface area (Å²) in [5.41, 5.74) is 4.07. The fraction of sp³-hybridized carbons (Fsp3) is 0.125. The highest BCUT2D eigenvalue weighted by molar-refractivity contribution is 6.07. The van der Waals surface area contributed by atoms with Crippen LogP contribution in [0.4, 0.5) is 0 Å². The first-order chi connectivity index (χ1) is 14.2. The number of fused-ring (bicyclic) bond motifs is 1. The van der Waals surface area contributed by atoms with Crippen molar-refractivity contribution < 1.29 is 9.53 Å². The molecule has 29 heavy (non-hydrogen) atoms. The van der Waals surface area contributed by atoms with Crippen LogP contribution in [0.5, 0.6) is 5.75 Å². The number of methoxy groups -OCH3 is 1. The molecule has 0 N–H and O–H groups in total. The van der Waals surface area contributed by atoms with Gasteiger partial charge in [0.25, 0.3) is 5.91 Å². The molecular formula is C24H21N3O2. The average Bonchev–Trinajstić information content (AvgIpc) is 2.79. The number of pyridine rings is 2. The van der Waals surface area contributed by atoms with E-state index in [0.717, 1.165) is 33.5 Å². The number of hydrogen-bond donors (Lipinski definition) is 0. The van der Waals surface area contributed by atoms with E-state index in [1.165, 1.54) is 0 Å². The van der Waals surface area contributed by atoms with Crippen LogP contribution < -0.4 is 4.74 Å². The standard InChI is InChI=1S/C24H21N3O2/c1-27(16-17-9-11-19(29-2)12-10-17)24(28)21-14-23(18-6-5-13-25-15-18)26-22-8-4-3-7-20(21)22/h3-15H,16H2,1-2H3. The van der Waals surface area contributed by atoms with Gasteiger partial charge in [-0.1, -0.05) is 30.3 Å². The predicted octanol–water partition coefficient (Wildman–Crippen LogP) is 4.58. The Labute approximate surface area is 169 Å². The highest BCUT2D eigenvalue weighted by atomic mass is 16.5. The van der Waals surface area contributed by atoms with Crippen LogP contribution in [0, 0.1) is 0 Å². The molecule has 0 unspecified atom stereocenters. The lowest BCUT2D eigenvalue weighted by Gasteiger charge is -2.19. The van der Waals surface area contributed by atoms with Crippen LogP contribution in [-0.2, 0) is 6.54 Å². The molecule has 4 rings (SSSR count). The molecule has 1 amide bonds. The van der Waals surface area contributed by atoms with E-state index in [4.69, 9.17) is 9.72 Å². The molecule has 5 heteroatoms. The monoisotopic (exact) mass is 383 g/mol. The van der Waals surface area contributed by atoms with Crippen LogP contribution in [0.2, 0.25) is 0 Å². The molecule has 5 nitrogen and oxygen atoms in total. The number of amides is 1. The van der Waals surface area contributed by atoms with Gasteiger partial charge in [0.05, 0.1) is 23.9 Å². The van der Waals surface area contributed by atoms with E-state index in [0.29, 0.717) is 12.1 Å². The van der Waals surface area contributed by atoms with Crippen LogP contribution in [-0.4, -0.2) is 34.9 Å². The molecule has 0 fully saturated rings. The average molecular weight is 383 g/mol. The van der Waals surface area contributed by atoms with Gasteiger partial charge >= 0.3 is 0 Å². The molecule has 4 aromatic rings. The Hall–Kier alpha value is -3.73. The van der Waals surface area contributed by atoms with E-state index >= 15 is 0 Å². The summed E-state index contributed by atoms with van der Waals surface area (Å²) in [4.78, 5) is 23.9. The lowest BCUT2D eigenvalue weighted by molar-refractivity contribution is 0.0787. The van der Waals surface area contributed by atoms with Crippen LogP contribution in [0.25, 0.3) is 22.2 Å². The Bertz CT molecular complexity index is 1140. The van der Waals surface area contributed by atoms with Crippen molar-refractivity contribution in [1.29, 1.82) is 0 Å². The quantitative estimate of drug-likeness (QED) is 0.506. The number of ether oxygens (including phenoxy) is 1. The van der Waals surface area contributed by atoms with Gasteiger partial charge in [-0.3, -0.25) is 9.78 Å². The molecule has 2 aromatic heterocycles. The van der Waals surface area contributed by atoms with Gasteiger partial charge < -0.3 is 9.64 Å². The minimum absolute atomic E-state index is 0.0513. The summed E-state index contributed by atoms with van der Waals surface area (Å²) in [5, 5.41) is 0.840. The number of carbonyl (C=O) groups excluding carboxylic acids is 1. The van der Waals surface area contributed by atoms with Crippen LogP contribution in [0.15, 0.2) is 79.1 Å². The van der Waals surface area contributed by atoms with Crippen molar-refractivity contribution in [1.82, 2.24) is 14.9 Å². The van der Waals surface area contributed by atoms with E-state index in [1.807, 2.05) is 73.8 Å². The molecule has 0 spiro atoms. The molecular weight excluding hydrogens is 362 g/mol. The van der Waals surface area contributed by atoms with E-state index in [2.05, 4.69) is 4.98 Å². The van der Waals surface area contributed by atoms with Crippen molar-refractivity contribution in [2.24, 2.45) is 0 Å². The summed E-state index contributed by atoms with van der Waals surface area (Å²) in [7, 11) is 3.45. The number of carbonyl (C=O) groups is 1. The van der Waals surface area contributed by atoms with Gasteiger partial charge in [-0.2, -0.15) is 0 Å². The fourth-order valence-corrected chi connectivity index (χ4v) is 3.30. The number of aromatic nitrogens is 2. The summed E-state index contributed by atoms with van der Waals surface area (Å²) in [6.45, 7) is 0.502. The summed E-state index contributed by atoms with van der Waals surface area (Å²) in [6, 6.07) is 21.1. The third kappa shape index (κ3) is 3.94. The number of para-hydroxylation sites is 1. The second-order valence-electron chi connectivity index (χ2n) is 6.82. The third-order valence-electron chi connectivity index (χ3n) is 4.83. The number of nitrogens with zero attached hydrogens (tertiary/aromatic N) is 3. The highest BCUT2D eigenvalue weighted by Gasteiger charge is 2.18. The van der Waals surface area contributed by atoms with Crippen molar-refractivity contribution in [3.63, 3.8) is 0 Å². The Balaban J connectivity index is 1.70. The van der Waals surface area contributed by atoms with Gasteiger partial charge in [0, 0.05) is 36.9 Å². The lowest BCUT2D eigenvalue weighted by Crippen LogP contribution is -2.26. The molecule has 0 aliphatic carbocycles. The zero-order valence-corrected chi connectivity index (χ0v) is 16.4. The smallest absolute Gasteiger partial charge is 0.254 e. The molecule has 144 valence electrons. The van der Waals surface area contributed by atoms with E-state index in [-0.39, 0.29) is 5.91 Å². The van der Waals surface area contributed by atoms with Crippen LogP contribution >= 0.6 is 0 Å². The van der Waals surface area contributed by atoms with Crippen LogP contribution in [0.1, 0.15) is 15.9 Å². The first-order valence-electron chi connectivity index (χ1n) is 9.34. The van der Waals surface area contributed by atoms with Crippen LogP contribution in [0.3, 0.4) is 0 Å². The lowest BCUT2D eigenvalue weighted by atomic mass is 10.0. The topological polar surface area (TPSA) is 55.3 Å². The number of benzene rings is 2. The minimum Gasteiger partial charge on any atom is -0.497 e. The molecule has 0 atom stereocenters. The van der Waals surface area contributed by atoms with Gasteiger partial charge in [0.2, 0.25) is 0 Å². The Morgan fingerprint density at radius 3 is 2.55 bits per heavy atom. The SMILES string of the molecule is COc1ccc(CN(C)C(=O)c2cc(-c3cccnc3)nc3ccccc23)cc1. The van der Waals surface area contributed by atoms with Crippen molar-refractivity contribution in [3.8, 4) is 17.0 Å². The molecule has 0 aliphatic heterocycles. The summed E-state index contributed by atoms with van der Waals surface area (Å²) >= 11 is 0. The number of hydrogen-bond acceptors (Lipinski definition) is 4. The van der Waals surface area contributed by atoms with E-state index in [1.54, 1.807) is 24.4 Å². The van der Waals surface area contributed by atoms with Crippen molar-refractivity contribution in [2.75, 3.05) is 14.2 Å². The predicted molar refractivity (Wildman–Crippen MR) is 114 cm³/mol. The van der Waals surface area contributed by atoms with E-state index in [9.17, 15) is 4.79 Å². The normalized spacial score (nSPS) is 10.7. The Morgan fingerprint density at radius 2 is 1.83 bits per heavy atom. The summed E-state index contributed by atoms with van der Waals surface area (Å²) < 4.78 is 5.20. The third-order valence-corrected chi connectivity index (χ3v) is 4.83. The van der Waals surface area contributed by atoms with Crippen molar-refractivity contribution >= 4 is 16.8 Å². The molecule has 0 saturated heterocycles. The van der Waals surface area contributed by atoms with Gasteiger partial charge in [0.15, 0.2) is 0 Å². The zero-order chi connectivity index (χ0) is 20.2. The summed E-state index contributed by atoms with van der Waals surface area (Å²) in [6.07, 6.45) is 3.48. The maximum absolute atomic E-state index is 13.3. The van der Waals surface area contributed by atoms with Crippen molar-refractivity contribution in [3.05, 3.63) is 90.3 Å². The molecule has 2 heterocycles. The largest absolute Gasteiger partial charge is 0.497 e. The Kier molecular flexibility index (Phi) is 5.20. The molecule has 0 bridgehead atoms. The minimum atomic E-state index is -0.0513. The first-order valence-corrected chi connectivity index (χ1v) is 9.34. The number of rotatable bonds is 5. The maximum Gasteiger partial charge on any atom is 0.254 e. The summed E-state index contributed by atoms with van der Waals surface area (Å²) in [5.74, 6) is 0.744. The second kappa shape index (κ2) is 8.10. The maximum atomic E-state index is 13.3. The van der Waals surface area contributed by atoms with Gasteiger partial charge in [-0.15, -0.1) is 0 Å². The first kappa shape index (κ1) is 18.6. The molecule has 0 saturated carbocycles. The second-order valence-corrected chi connectivity index (χ2v) is 6.82. The molecule has 0 radical (unpaired) electrons. The highest BCUT2D eigenvalue weighted by Crippen LogP contribution is 2.25. The van der Waals surface area contributed by atoms with Gasteiger partial charge in [-0.05, 0) is 42.0 Å². The molecule has 2 aromatic carbocycles.